The number of piperidine rings is 1. The summed E-state index contributed by atoms with van der Waals surface area (Å²) in [6, 6.07) is 3.59. The van der Waals surface area contributed by atoms with Gasteiger partial charge in [0.15, 0.2) is 11.5 Å². The summed E-state index contributed by atoms with van der Waals surface area (Å²) in [5.41, 5.74) is 0.773. The third kappa shape index (κ3) is 3.87. The maximum atomic E-state index is 12.3. The molecule has 0 spiro atoms. The molecule has 1 fully saturated rings. The molecule has 0 aromatic heterocycles. The number of benzene rings is 1. The number of hydrogen-bond acceptors (Lipinski definition) is 5. The van der Waals surface area contributed by atoms with Gasteiger partial charge in [-0.2, -0.15) is 0 Å². The van der Waals surface area contributed by atoms with E-state index in [0.29, 0.717) is 56.4 Å². The zero-order chi connectivity index (χ0) is 17.8. The molecule has 1 amide bonds. The number of carbonyl (C=O) groups is 2. The van der Waals surface area contributed by atoms with E-state index < -0.39 is 5.97 Å². The van der Waals surface area contributed by atoms with Gasteiger partial charge in [-0.3, -0.25) is 9.59 Å². The highest BCUT2D eigenvalue weighted by atomic mass is 16.6. The lowest BCUT2D eigenvalue weighted by atomic mass is 9.97. The molecule has 0 saturated carbocycles. The minimum atomic E-state index is -0.786. The van der Waals surface area contributed by atoms with Crippen LogP contribution in [0, 0.1) is 5.92 Å². The molecular formula is C18H21NO6. The van der Waals surface area contributed by atoms with Crippen LogP contribution in [-0.4, -0.2) is 55.3 Å². The average Bonchev–Trinajstić information content (AvgIpc) is 2.65. The smallest absolute Gasteiger partial charge is 0.306 e. The zero-order valence-corrected chi connectivity index (χ0v) is 14.1. The maximum absolute atomic E-state index is 12.3. The van der Waals surface area contributed by atoms with Gasteiger partial charge >= 0.3 is 5.97 Å². The Hall–Kier alpha value is -2.70. The summed E-state index contributed by atoms with van der Waals surface area (Å²) in [6.45, 7) is 1.87. The van der Waals surface area contributed by atoms with Gasteiger partial charge in [-0.15, -0.1) is 0 Å². The van der Waals surface area contributed by atoms with E-state index in [4.69, 9.17) is 19.3 Å². The summed E-state index contributed by atoms with van der Waals surface area (Å²) < 4.78 is 16.4. The number of carboxylic acids is 1. The molecule has 0 unspecified atom stereocenters. The Morgan fingerprint density at radius 1 is 1.24 bits per heavy atom. The molecule has 0 aliphatic carbocycles. The molecule has 2 aliphatic heterocycles. The van der Waals surface area contributed by atoms with E-state index >= 15 is 0 Å². The van der Waals surface area contributed by atoms with Crippen molar-refractivity contribution in [1.82, 2.24) is 4.90 Å². The molecule has 2 aliphatic rings. The van der Waals surface area contributed by atoms with Crippen molar-refractivity contribution in [2.45, 2.75) is 12.8 Å². The molecule has 2 heterocycles. The van der Waals surface area contributed by atoms with E-state index in [9.17, 15) is 9.59 Å². The molecular weight excluding hydrogens is 326 g/mol. The van der Waals surface area contributed by atoms with Gasteiger partial charge < -0.3 is 24.2 Å². The molecule has 1 N–H and O–H groups in total. The van der Waals surface area contributed by atoms with Gasteiger partial charge in [0.05, 0.1) is 13.0 Å². The Labute approximate surface area is 145 Å². The minimum absolute atomic E-state index is 0.127. The lowest BCUT2D eigenvalue weighted by Gasteiger charge is -2.29. The number of aliphatic carboxylic acids is 1. The van der Waals surface area contributed by atoms with Gasteiger partial charge in [0.25, 0.3) is 0 Å². The van der Waals surface area contributed by atoms with Gasteiger partial charge in [0.2, 0.25) is 11.7 Å². The van der Waals surface area contributed by atoms with E-state index in [1.54, 1.807) is 30.2 Å². The standard InChI is InChI=1S/C18H21NO6/c1-23-14-10-12(11-15-17(14)25-9-8-24-15)2-3-16(20)19-6-4-13(5-7-19)18(21)22/h2-3,10-11,13H,4-9H2,1H3,(H,21,22)/b3-2+. The number of carbonyl (C=O) groups excluding carboxylic acids is 1. The molecule has 0 atom stereocenters. The minimum Gasteiger partial charge on any atom is -0.493 e. The Morgan fingerprint density at radius 2 is 1.96 bits per heavy atom. The molecule has 0 radical (unpaired) electrons. The summed E-state index contributed by atoms with van der Waals surface area (Å²) in [5.74, 6) is 0.471. The number of methoxy groups -OCH3 is 1. The molecule has 1 saturated heterocycles. The molecule has 3 rings (SSSR count). The largest absolute Gasteiger partial charge is 0.493 e. The quantitative estimate of drug-likeness (QED) is 0.836. The van der Waals surface area contributed by atoms with Crippen LogP contribution in [0.3, 0.4) is 0 Å². The molecule has 1 aromatic rings. The van der Waals surface area contributed by atoms with Crippen LogP contribution >= 0.6 is 0 Å². The van der Waals surface area contributed by atoms with Crippen molar-refractivity contribution in [1.29, 1.82) is 0 Å². The highest BCUT2D eigenvalue weighted by Gasteiger charge is 2.26. The van der Waals surface area contributed by atoms with Crippen molar-refractivity contribution in [3.8, 4) is 17.2 Å². The van der Waals surface area contributed by atoms with Gasteiger partial charge in [0, 0.05) is 19.2 Å². The fourth-order valence-electron chi connectivity index (χ4n) is 3.01. The van der Waals surface area contributed by atoms with Crippen molar-refractivity contribution >= 4 is 18.0 Å². The van der Waals surface area contributed by atoms with E-state index in [1.807, 2.05) is 0 Å². The summed E-state index contributed by atoms with van der Waals surface area (Å²) in [6.07, 6.45) is 4.18. The van der Waals surface area contributed by atoms with E-state index in [1.165, 1.54) is 6.08 Å². The number of rotatable bonds is 4. The van der Waals surface area contributed by atoms with Crippen molar-refractivity contribution in [2.75, 3.05) is 33.4 Å². The second-order valence-electron chi connectivity index (χ2n) is 6.02. The predicted octanol–water partition coefficient (Wildman–Crippen LogP) is 1.80. The van der Waals surface area contributed by atoms with Crippen LogP contribution in [0.25, 0.3) is 6.08 Å². The monoisotopic (exact) mass is 347 g/mol. The van der Waals surface area contributed by atoms with Crippen LogP contribution in [-0.2, 0) is 9.59 Å². The lowest BCUT2D eigenvalue weighted by molar-refractivity contribution is -0.144. The number of carboxylic acid groups (broad SMARTS) is 1. The van der Waals surface area contributed by atoms with Crippen LogP contribution < -0.4 is 14.2 Å². The number of hydrogen-bond donors (Lipinski definition) is 1. The van der Waals surface area contributed by atoms with Gasteiger partial charge in [0.1, 0.15) is 13.2 Å². The topological polar surface area (TPSA) is 85.3 Å². The molecule has 7 nitrogen and oxygen atoms in total. The van der Waals surface area contributed by atoms with Crippen molar-refractivity contribution in [2.24, 2.45) is 5.92 Å². The van der Waals surface area contributed by atoms with Crippen molar-refractivity contribution in [3.05, 3.63) is 23.8 Å². The van der Waals surface area contributed by atoms with Gasteiger partial charge in [-0.05, 0) is 36.6 Å². The van der Waals surface area contributed by atoms with Crippen LogP contribution in [0.15, 0.2) is 18.2 Å². The molecule has 1 aromatic carbocycles. The van der Waals surface area contributed by atoms with Crippen LogP contribution in [0.5, 0.6) is 17.2 Å². The summed E-state index contributed by atoms with van der Waals surface area (Å²) in [7, 11) is 1.55. The van der Waals surface area contributed by atoms with E-state index in [2.05, 4.69) is 0 Å². The lowest BCUT2D eigenvalue weighted by Crippen LogP contribution is -2.39. The van der Waals surface area contributed by atoms with Crippen molar-refractivity contribution < 1.29 is 28.9 Å². The molecule has 0 bridgehead atoms. The Morgan fingerprint density at radius 3 is 2.64 bits per heavy atom. The molecule has 25 heavy (non-hydrogen) atoms. The third-order valence-corrected chi connectivity index (χ3v) is 4.42. The molecule has 7 heteroatoms. The maximum Gasteiger partial charge on any atom is 0.306 e. The highest BCUT2D eigenvalue weighted by molar-refractivity contribution is 5.92. The van der Waals surface area contributed by atoms with E-state index in [-0.39, 0.29) is 11.8 Å². The fourth-order valence-corrected chi connectivity index (χ4v) is 3.01. The SMILES string of the molecule is COc1cc(/C=C/C(=O)N2CCC(C(=O)O)CC2)cc2c1OCCO2. The first-order valence-electron chi connectivity index (χ1n) is 8.26. The number of amides is 1. The number of likely N-dealkylation sites (tertiary alicyclic amines) is 1. The average molecular weight is 347 g/mol. The van der Waals surface area contributed by atoms with Crippen LogP contribution in [0.2, 0.25) is 0 Å². The Bertz CT molecular complexity index is 674. The fraction of sp³-hybridized carbons (Fsp3) is 0.444. The summed E-state index contributed by atoms with van der Waals surface area (Å²) in [5, 5.41) is 9.01. The summed E-state index contributed by atoms with van der Waals surface area (Å²) >= 11 is 0. The first-order valence-corrected chi connectivity index (χ1v) is 8.26. The normalized spacial score (nSPS) is 17.6. The number of nitrogens with zero attached hydrogens (tertiary/aromatic N) is 1. The third-order valence-electron chi connectivity index (χ3n) is 4.42. The number of fused-ring (bicyclic) bond motifs is 1. The second-order valence-corrected chi connectivity index (χ2v) is 6.02. The van der Waals surface area contributed by atoms with Gasteiger partial charge in [-0.25, -0.2) is 0 Å². The second kappa shape index (κ2) is 7.46. The van der Waals surface area contributed by atoms with E-state index in [0.717, 1.165) is 5.56 Å². The van der Waals surface area contributed by atoms with Crippen molar-refractivity contribution in [3.63, 3.8) is 0 Å². The van der Waals surface area contributed by atoms with Gasteiger partial charge in [-0.1, -0.05) is 0 Å². The summed E-state index contributed by atoms with van der Waals surface area (Å²) in [4.78, 5) is 24.9. The first-order chi connectivity index (χ1) is 12.1. The molecule has 134 valence electrons. The van der Waals surface area contributed by atoms with Crippen LogP contribution in [0.4, 0.5) is 0 Å². The Balaban J connectivity index is 1.67. The Kier molecular flexibility index (Phi) is 5.11. The highest BCUT2D eigenvalue weighted by Crippen LogP contribution is 2.40. The number of ether oxygens (including phenoxy) is 3. The first kappa shape index (κ1) is 17.1. The zero-order valence-electron chi connectivity index (χ0n) is 14.1. The van der Waals surface area contributed by atoms with Crippen LogP contribution in [0.1, 0.15) is 18.4 Å². The predicted molar refractivity (Wildman–Crippen MR) is 90.0 cm³/mol.